The number of carbonyl (C=O) groups is 1. The first-order valence-corrected chi connectivity index (χ1v) is 5.59. The fourth-order valence-corrected chi connectivity index (χ4v) is 1.84. The highest BCUT2D eigenvalue weighted by molar-refractivity contribution is 5.91. The minimum Gasteiger partial charge on any atom is -0.376 e. The molecule has 0 aliphatic carbocycles. The summed E-state index contributed by atoms with van der Waals surface area (Å²) in [6.45, 7) is 1.32. The molecular weight excluding hydrogens is 222 g/mol. The first-order valence-electron chi connectivity index (χ1n) is 5.59. The molecule has 2 heterocycles. The smallest absolute Gasteiger partial charge is 0.274 e. The third-order valence-electron chi connectivity index (χ3n) is 2.75. The van der Waals surface area contributed by atoms with E-state index in [0.717, 1.165) is 19.4 Å². The number of nitrogens with one attached hydrogen (secondary N) is 1. The van der Waals surface area contributed by atoms with Crippen molar-refractivity contribution in [1.82, 2.24) is 15.1 Å². The molecule has 0 radical (unpaired) electrons. The molecule has 92 valence electrons. The minimum atomic E-state index is -0.316. The van der Waals surface area contributed by atoms with Gasteiger partial charge in [0.05, 0.1) is 6.10 Å². The molecule has 1 aliphatic rings. The number of nitrogens with zero attached hydrogens (tertiary/aromatic N) is 2. The zero-order chi connectivity index (χ0) is 12.3. The van der Waals surface area contributed by atoms with E-state index < -0.39 is 0 Å². The SMILES string of the molecule is CN(CC1CCCO1)C(=O)c1ccc(=O)[nH]n1. The normalized spacial score (nSPS) is 19.2. The zero-order valence-electron chi connectivity index (χ0n) is 9.68. The van der Waals surface area contributed by atoms with Crippen molar-refractivity contribution in [2.45, 2.75) is 18.9 Å². The Bertz CT molecular complexity index is 431. The fraction of sp³-hybridized carbons (Fsp3) is 0.545. The Hall–Kier alpha value is -1.69. The van der Waals surface area contributed by atoms with E-state index in [-0.39, 0.29) is 23.3 Å². The number of hydrogen-bond donors (Lipinski definition) is 1. The second kappa shape index (κ2) is 5.09. The van der Waals surface area contributed by atoms with Crippen LogP contribution in [-0.4, -0.2) is 47.3 Å². The highest BCUT2D eigenvalue weighted by atomic mass is 16.5. The summed E-state index contributed by atoms with van der Waals surface area (Å²) in [4.78, 5) is 24.3. The Kier molecular flexibility index (Phi) is 3.53. The van der Waals surface area contributed by atoms with Crippen molar-refractivity contribution in [3.05, 3.63) is 28.2 Å². The van der Waals surface area contributed by atoms with Crippen LogP contribution in [0.5, 0.6) is 0 Å². The molecule has 0 saturated carbocycles. The summed E-state index contributed by atoms with van der Waals surface area (Å²) in [6.07, 6.45) is 2.15. The minimum absolute atomic E-state index is 0.117. The Morgan fingerprint density at radius 1 is 1.65 bits per heavy atom. The van der Waals surface area contributed by atoms with Crippen molar-refractivity contribution < 1.29 is 9.53 Å². The first kappa shape index (κ1) is 11.8. The first-order chi connectivity index (χ1) is 8.16. The molecule has 2 rings (SSSR count). The van der Waals surface area contributed by atoms with Gasteiger partial charge in [-0.3, -0.25) is 9.59 Å². The molecule has 17 heavy (non-hydrogen) atoms. The summed E-state index contributed by atoms with van der Waals surface area (Å²) in [6, 6.07) is 2.72. The number of aromatic nitrogens is 2. The molecule has 1 aromatic rings. The van der Waals surface area contributed by atoms with E-state index in [2.05, 4.69) is 10.2 Å². The van der Waals surface area contributed by atoms with Gasteiger partial charge in [-0.25, -0.2) is 5.10 Å². The number of likely N-dealkylation sites (N-methyl/N-ethyl adjacent to an activating group) is 1. The molecule has 1 amide bonds. The van der Waals surface area contributed by atoms with E-state index in [1.807, 2.05) is 0 Å². The summed E-state index contributed by atoms with van der Waals surface area (Å²) < 4.78 is 5.46. The molecule has 6 heteroatoms. The van der Waals surface area contributed by atoms with E-state index in [1.165, 1.54) is 12.1 Å². The number of hydrogen-bond acceptors (Lipinski definition) is 4. The van der Waals surface area contributed by atoms with Crippen LogP contribution in [-0.2, 0) is 4.74 Å². The lowest BCUT2D eigenvalue weighted by Gasteiger charge is -2.20. The quantitative estimate of drug-likeness (QED) is 0.804. The third kappa shape index (κ3) is 2.91. The highest BCUT2D eigenvalue weighted by Crippen LogP contribution is 2.13. The van der Waals surface area contributed by atoms with Gasteiger partial charge in [-0.05, 0) is 18.9 Å². The maximum atomic E-state index is 11.9. The van der Waals surface area contributed by atoms with Gasteiger partial charge in [-0.1, -0.05) is 0 Å². The van der Waals surface area contributed by atoms with Crippen LogP contribution in [0.1, 0.15) is 23.3 Å². The third-order valence-corrected chi connectivity index (χ3v) is 2.75. The number of aromatic amines is 1. The lowest BCUT2D eigenvalue weighted by molar-refractivity contribution is 0.0582. The van der Waals surface area contributed by atoms with Crippen LogP contribution in [0.4, 0.5) is 0 Å². The van der Waals surface area contributed by atoms with Gasteiger partial charge in [-0.15, -0.1) is 0 Å². The predicted octanol–water partition coefficient (Wildman–Crippen LogP) is 0.0209. The standard InChI is InChI=1S/C11H15N3O3/c1-14(7-8-3-2-6-17-8)11(16)9-4-5-10(15)13-12-9/h4-5,8H,2-3,6-7H2,1H3,(H,13,15). The van der Waals surface area contributed by atoms with Gasteiger partial charge in [0.1, 0.15) is 5.69 Å². The Morgan fingerprint density at radius 2 is 2.47 bits per heavy atom. The van der Waals surface area contributed by atoms with Crippen LogP contribution < -0.4 is 5.56 Å². The van der Waals surface area contributed by atoms with Gasteiger partial charge in [-0.2, -0.15) is 5.10 Å². The van der Waals surface area contributed by atoms with Gasteiger partial charge in [0.15, 0.2) is 0 Å². The maximum absolute atomic E-state index is 11.9. The largest absolute Gasteiger partial charge is 0.376 e. The highest BCUT2D eigenvalue weighted by Gasteiger charge is 2.21. The summed E-state index contributed by atoms with van der Waals surface area (Å²) in [5.41, 5.74) is -0.0755. The van der Waals surface area contributed by atoms with E-state index >= 15 is 0 Å². The molecule has 1 atom stereocenters. The summed E-state index contributed by atoms with van der Waals surface area (Å²) in [5, 5.41) is 5.95. The van der Waals surface area contributed by atoms with Crippen molar-refractivity contribution in [3.8, 4) is 0 Å². The number of H-pyrrole nitrogens is 1. The van der Waals surface area contributed by atoms with Crippen LogP contribution >= 0.6 is 0 Å². The van der Waals surface area contributed by atoms with Gasteiger partial charge in [0, 0.05) is 26.3 Å². The van der Waals surface area contributed by atoms with E-state index in [1.54, 1.807) is 11.9 Å². The fourth-order valence-electron chi connectivity index (χ4n) is 1.84. The van der Waals surface area contributed by atoms with Crippen molar-refractivity contribution >= 4 is 5.91 Å². The molecule has 1 saturated heterocycles. The summed E-state index contributed by atoms with van der Waals surface area (Å²) in [7, 11) is 1.71. The van der Waals surface area contributed by atoms with E-state index in [9.17, 15) is 9.59 Å². The molecule has 6 nitrogen and oxygen atoms in total. The second-order valence-electron chi connectivity index (χ2n) is 4.13. The molecule has 1 aromatic heterocycles. The van der Waals surface area contributed by atoms with E-state index in [4.69, 9.17) is 4.74 Å². The van der Waals surface area contributed by atoms with Gasteiger partial charge < -0.3 is 9.64 Å². The number of ether oxygens (including phenoxy) is 1. The molecular formula is C11H15N3O3. The van der Waals surface area contributed by atoms with Gasteiger partial charge >= 0.3 is 0 Å². The van der Waals surface area contributed by atoms with Gasteiger partial charge in [0.2, 0.25) is 0 Å². The number of carbonyl (C=O) groups excluding carboxylic acids is 1. The molecule has 1 unspecified atom stereocenters. The van der Waals surface area contributed by atoms with Gasteiger partial charge in [0.25, 0.3) is 11.5 Å². The monoisotopic (exact) mass is 237 g/mol. The number of amides is 1. The van der Waals surface area contributed by atoms with Crippen molar-refractivity contribution in [2.75, 3.05) is 20.2 Å². The second-order valence-corrected chi connectivity index (χ2v) is 4.13. The summed E-state index contributed by atoms with van der Waals surface area (Å²) >= 11 is 0. The van der Waals surface area contributed by atoms with Crippen molar-refractivity contribution in [3.63, 3.8) is 0 Å². The Morgan fingerprint density at radius 3 is 3.06 bits per heavy atom. The topological polar surface area (TPSA) is 75.3 Å². The summed E-state index contributed by atoms with van der Waals surface area (Å²) in [5.74, 6) is -0.211. The van der Waals surface area contributed by atoms with E-state index in [0.29, 0.717) is 6.54 Å². The van der Waals surface area contributed by atoms with Crippen LogP contribution in [0.25, 0.3) is 0 Å². The molecule has 1 N–H and O–H groups in total. The van der Waals surface area contributed by atoms with Crippen molar-refractivity contribution in [2.24, 2.45) is 0 Å². The van der Waals surface area contributed by atoms with Crippen LogP contribution in [0.2, 0.25) is 0 Å². The van der Waals surface area contributed by atoms with Crippen LogP contribution in [0.15, 0.2) is 16.9 Å². The van der Waals surface area contributed by atoms with Crippen molar-refractivity contribution in [1.29, 1.82) is 0 Å². The molecule has 0 aromatic carbocycles. The van der Waals surface area contributed by atoms with Crippen LogP contribution in [0, 0.1) is 0 Å². The zero-order valence-corrected chi connectivity index (χ0v) is 9.68. The Balaban J connectivity index is 1.98. The van der Waals surface area contributed by atoms with Crippen LogP contribution in [0.3, 0.4) is 0 Å². The average molecular weight is 237 g/mol. The Labute approximate surface area is 98.6 Å². The lowest BCUT2D eigenvalue weighted by Crippen LogP contribution is -2.35. The predicted molar refractivity (Wildman–Crippen MR) is 60.8 cm³/mol. The number of rotatable bonds is 3. The molecule has 0 spiro atoms. The molecule has 1 fully saturated rings. The maximum Gasteiger partial charge on any atom is 0.274 e. The molecule has 0 bridgehead atoms. The molecule has 1 aliphatic heterocycles. The average Bonchev–Trinajstić information content (AvgIpc) is 2.82. The lowest BCUT2D eigenvalue weighted by atomic mass is 10.2.